The summed E-state index contributed by atoms with van der Waals surface area (Å²) in [7, 11) is -3.05. The first-order valence-corrected chi connectivity index (χ1v) is 7.79. The molecule has 1 heterocycles. The van der Waals surface area contributed by atoms with Crippen molar-refractivity contribution in [3.05, 3.63) is 15.6 Å². The smallest absolute Gasteiger partial charge is 0.156 e. The van der Waals surface area contributed by atoms with Crippen LogP contribution in [0.15, 0.2) is 0 Å². The van der Waals surface area contributed by atoms with Crippen LogP contribution in [0.3, 0.4) is 0 Å². The van der Waals surface area contributed by atoms with Crippen LogP contribution in [0.5, 0.6) is 0 Å². The van der Waals surface area contributed by atoms with Gasteiger partial charge < -0.3 is 0 Å². The Morgan fingerprint density at radius 2 is 2.25 bits per heavy atom. The number of sulfone groups is 1. The molecule has 1 saturated carbocycles. The molecule has 16 heavy (non-hydrogen) atoms. The third-order valence-corrected chi connectivity index (χ3v) is 5.30. The lowest BCUT2D eigenvalue weighted by atomic mass is 10.3. The highest BCUT2D eigenvalue weighted by Gasteiger charge is 2.30. The molecule has 1 aromatic rings. The summed E-state index contributed by atoms with van der Waals surface area (Å²) in [5.74, 6) is 0.479. The van der Waals surface area contributed by atoms with Gasteiger partial charge in [0, 0.05) is 11.7 Å². The summed E-state index contributed by atoms with van der Waals surface area (Å²) >= 11 is 1.22. The van der Waals surface area contributed by atoms with Gasteiger partial charge in [-0.15, -0.1) is 11.3 Å². The predicted molar refractivity (Wildman–Crippen MR) is 62.0 cm³/mol. The van der Waals surface area contributed by atoms with Crippen LogP contribution >= 0.6 is 11.3 Å². The zero-order chi connectivity index (χ0) is 11.8. The van der Waals surface area contributed by atoms with E-state index in [9.17, 15) is 8.42 Å². The van der Waals surface area contributed by atoms with Crippen LogP contribution in [0.2, 0.25) is 0 Å². The van der Waals surface area contributed by atoms with Crippen LogP contribution in [-0.4, -0.2) is 19.2 Å². The number of aromatic nitrogens is 1. The van der Waals surface area contributed by atoms with E-state index in [-0.39, 0.29) is 11.5 Å². The van der Waals surface area contributed by atoms with Crippen molar-refractivity contribution in [1.82, 2.24) is 4.98 Å². The van der Waals surface area contributed by atoms with Crippen molar-refractivity contribution < 1.29 is 8.42 Å². The zero-order valence-electron chi connectivity index (χ0n) is 8.93. The van der Waals surface area contributed by atoms with E-state index in [2.05, 4.69) is 11.1 Å². The van der Waals surface area contributed by atoms with Crippen LogP contribution in [0, 0.1) is 11.3 Å². The van der Waals surface area contributed by atoms with Gasteiger partial charge in [0.25, 0.3) is 0 Å². The first kappa shape index (κ1) is 11.6. The maximum Gasteiger partial charge on any atom is 0.156 e. The van der Waals surface area contributed by atoms with Gasteiger partial charge in [-0.25, -0.2) is 13.4 Å². The molecule has 2 rings (SSSR count). The van der Waals surface area contributed by atoms with Crippen molar-refractivity contribution >= 4 is 21.2 Å². The van der Waals surface area contributed by atoms with Crippen molar-refractivity contribution in [3.63, 3.8) is 0 Å². The fourth-order valence-corrected chi connectivity index (χ4v) is 3.60. The highest BCUT2D eigenvalue weighted by Crippen LogP contribution is 2.42. The third-order valence-electron chi connectivity index (χ3n) is 2.55. The summed E-state index contributed by atoms with van der Waals surface area (Å²) in [5.41, 5.74) is 0.814. The van der Waals surface area contributed by atoms with Gasteiger partial charge in [-0.3, -0.25) is 0 Å². The molecule has 0 aliphatic heterocycles. The van der Waals surface area contributed by atoms with Gasteiger partial charge in [-0.2, -0.15) is 5.26 Å². The molecular weight excluding hydrogens is 244 g/mol. The fourth-order valence-electron chi connectivity index (χ4n) is 1.44. The van der Waals surface area contributed by atoms with Crippen molar-refractivity contribution in [2.75, 3.05) is 5.75 Å². The largest absolute Gasteiger partial charge is 0.243 e. The number of hydrogen-bond acceptors (Lipinski definition) is 5. The molecule has 4 nitrogen and oxygen atoms in total. The van der Waals surface area contributed by atoms with Crippen molar-refractivity contribution in [2.24, 2.45) is 0 Å². The number of rotatable bonds is 4. The molecule has 0 amide bonds. The molecule has 0 unspecified atom stereocenters. The minimum Gasteiger partial charge on any atom is -0.243 e. The minimum atomic E-state index is -3.05. The summed E-state index contributed by atoms with van der Waals surface area (Å²) in [6.07, 6.45) is 2.14. The van der Waals surface area contributed by atoms with Crippen molar-refractivity contribution in [3.8, 4) is 6.07 Å². The van der Waals surface area contributed by atoms with Gasteiger partial charge in [0.1, 0.15) is 21.7 Å². The average molecular weight is 256 g/mol. The SMILES string of the molecule is CCS(=O)(=O)Cc1nc(C2CC2)c(C#N)s1. The second-order valence-electron chi connectivity index (χ2n) is 3.88. The quantitative estimate of drug-likeness (QED) is 0.824. The van der Waals surface area contributed by atoms with Gasteiger partial charge in [-0.05, 0) is 12.8 Å². The van der Waals surface area contributed by atoms with Crippen LogP contribution in [0.4, 0.5) is 0 Å². The standard InChI is InChI=1S/C10H12N2O2S2/c1-2-16(13,14)6-9-12-10(7-3-4-7)8(5-11)15-9/h7H,2-4,6H2,1H3. The van der Waals surface area contributed by atoms with Crippen molar-refractivity contribution in [2.45, 2.75) is 31.4 Å². The zero-order valence-corrected chi connectivity index (χ0v) is 10.6. The lowest BCUT2D eigenvalue weighted by Gasteiger charge is -1.95. The molecule has 0 spiro atoms. The Morgan fingerprint density at radius 3 is 2.75 bits per heavy atom. The van der Waals surface area contributed by atoms with Crippen molar-refractivity contribution in [1.29, 1.82) is 5.26 Å². The Hall–Kier alpha value is -0.930. The molecule has 6 heteroatoms. The summed E-state index contributed by atoms with van der Waals surface area (Å²) in [5, 5.41) is 9.49. The summed E-state index contributed by atoms with van der Waals surface area (Å²) in [6, 6.07) is 2.10. The highest BCUT2D eigenvalue weighted by molar-refractivity contribution is 7.90. The van der Waals surface area contributed by atoms with Crippen LogP contribution < -0.4 is 0 Å². The summed E-state index contributed by atoms with van der Waals surface area (Å²) < 4.78 is 22.9. The molecular formula is C10H12N2O2S2. The third kappa shape index (κ3) is 2.42. The lowest BCUT2D eigenvalue weighted by Crippen LogP contribution is -2.06. The average Bonchev–Trinajstić information content (AvgIpc) is 3.01. The molecule has 0 aromatic carbocycles. The molecule has 0 saturated heterocycles. The van der Waals surface area contributed by atoms with Crippen LogP contribution in [0.1, 0.15) is 41.3 Å². The molecule has 0 atom stereocenters. The van der Waals surface area contributed by atoms with Gasteiger partial charge in [0.05, 0.1) is 5.69 Å². The Balaban J connectivity index is 2.27. The normalized spacial score (nSPS) is 16.0. The number of nitrogens with zero attached hydrogens (tertiary/aromatic N) is 2. The molecule has 1 aromatic heterocycles. The first-order chi connectivity index (χ1) is 7.55. The van der Waals surface area contributed by atoms with Gasteiger partial charge in [0.2, 0.25) is 0 Å². The molecule has 86 valence electrons. The number of nitriles is 1. The second kappa shape index (κ2) is 4.15. The number of thiazole rings is 1. The van der Waals surface area contributed by atoms with Gasteiger partial charge in [0.15, 0.2) is 9.84 Å². The Bertz CT molecular complexity index is 536. The number of hydrogen-bond donors (Lipinski definition) is 0. The fraction of sp³-hybridized carbons (Fsp3) is 0.600. The maximum atomic E-state index is 11.4. The Labute approximate surface area is 98.9 Å². The monoisotopic (exact) mass is 256 g/mol. The molecule has 1 aliphatic carbocycles. The van der Waals surface area contributed by atoms with E-state index in [1.807, 2.05) is 0 Å². The van der Waals surface area contributed by atoms with E-state index in [0.29, 0.717) is 15.8 Å². The topological polar surface area (TPSA) is 70.8 Å². The van der Waals surface area contributed by atoms with E-state index >= 15 is 0 Å². The van der Waals surface area contributed by atoms with E-state index in [4.69, 9.17) is 5.26 Å². The lowest BCUT2D eigenvalue weighted by molar-refractivity contribution is 0.596. The molecule has 1 fully saturated rings. The molecule has 0 N–H and O–H groups in total. The minimum absolute atomic E-state index is 0.0322. The molecule has 0 radical (unpaired) electrons. The van der Waals surface area contributed by atoms with Crippen LogP contribution in [0.25, 0.3) is 0 Å². The predicted octanol–water partition coefficient (Wildman–Crippen LogP) is 1.83. The summed E-state index contributed by atoms with van der Waals surface area (Å²) in [4.78, 5) is 4.88. The Kier molecular flexibility index (Phi) is 3.00. The van der Waals surface area contributed by atoms with Crippen LogP contribution in [-0.2, 0) is 15.6 Å². The molecule has 1 aliphatic rings. The highest BCUT2D eigenvalue weighted by atomic mass is 32.2. The van der Waals surface area contributed by atoms with Gasteiger partial charge in [-0.1, -0.05) is 6.92 Å². The van der Waals surface area contributed by atoms with Gasteiger partial charge >= 0.3 is 0 Å². The second-order valence-corrected chi connectivity index (χ2v) is 7.32. The van der Waals surface area contributed by atoms with E-state index in [1.54, 1.807) is 6.92 Å². The first-order valence-electron chi connectivity index (χ1n) is 5.16. The van der Waals surface area contributed by atoms with E-state index < -0.39 is 9.84 Å². The maximum absolute atomic E-state index is 11.4. The molecule has 0 bridgehead atoms. The Morgan fingerprint density at radius 1 is 1.56 bits per heavy atom. The summed E-state index contributed by atoms with van der Waals surface area (Å²) in [6.45, 7) is 1.62. The van der Waals surface area contributed by atoms with E-state index in [0.717, 1.165) is 18.5 Å². The van der Waals surface area contributed by atoms with E-state index in [1.165, 1.54) is 11.3 Å².